The van der Waals surface area contributed by atoms with Gasteiger partial charge in [-0.25, -0.2) is 0 Å². The van der Waals surface area contributed by atoms with E-state index in [2.05, 4.69) is 36.3 Å². The highest BCUT2D eigenvalue weighted by Gasteiger charge is 2.06. The van der Waals surface area contributed by atoms with Crippen molar-refractivity contribution in [2.24, 2.45) is 0 Å². The minimum Gasteiger partial charge on any atom is -0.377 e. The van der Waals surface area contributed by atoms with Gasteiger partial charge in [-0.1, -0.05) is 0 Å². The molecule has 2 rings (SSSR count). The van der Waals surface area contributed by atoms with Crippen molar-refractivity contribution in [3.63, 3.8) is 0 Å². The van der Waals surface area contributed by atoms with Gasteiger partial charge in [0.25, 0.3) is 0 Å². The molecule has 2 heterocycles. The lowest BCUT2D eigenvalue weighted by Gasteiger charge is -2.07. The average Bonchev–Trinajstić information content (AvgIpc) is 2.93. The molecule has 5 nitrogen and oxygen atoms in total. The Morgan fingerprint density at radius 3 is 2.50 bits per heavy atom. The van der Waals surface area contributed by atoms with Crippen molar-refractivity contribution < 1.29 is 0 Å². The van der Waals surface area contributed by atoms with Crippen molar-refractivity contribution >= 4 is 18.1 Å². The summed E-state index contributed by atoms with van der Waals surface area (Å²) in [6.07, 6.45) is 3.72. The lowest BCUT2D eigenvalue weighted by Crippen LogP contribution is -2.08. The predicted molar refractivity (Wildman–Crippen MR) is 75.1 cm³/mol. The Labute approximate surface area is 114 Å². The number of aryl methyl sites for hydroxylation is 2. The fourth-order valence-electron chi connectivity index (χ4n) is 1.92. The molecule has 2 aromatic heterocycles. The molecule has 0 aromatic carbocycles. The summed E-state index contributed by atoms with van der Waals surface area (Å²) < 4.78 is 3.98. The van der Waals surface area contributed by atoms with Crippen LogP contribution in [0.25, 0.3) is 0 Å². The Morgan fingerprint density at radius 1 is 1.17 bits per heavy atom. The summed E-state index contributed by atoms with van der Waals surface area (Å²) in [6.45, 7) is 8.85. The Morgan fingerprint density at radius 2 is 1.89 bits per heavy atom. The minimum absolute atomic E-state index is 0. The molecule has 0 aliphatic carbocycles. The molecule has 0 saturated carbocycles. The molecule has 0 atom stereocenters. The largest absolute Gasteiger partial charge is 0.377 e. The highest BCUT2D eigenvalue weighted by atomic mass is 35.5. The first-order valence-corrected chi connectivity index (χ1v) is 6.03. The fourth-order valence-corrected chi connectivity index (χ4v) is 1.92. The maximum absolute atomic E-state index is 4.31. The number of anilines is 1. The number of halogens is 1. The van der Waals surface area contributed by atoms with Crippen LogP contribution < -0.4 is 5.32 Å². The molecule has 18 heavy (non-hydrogen) atoms. The van der Waals surface area contributed by atoms with E-state index in [1.807, 2.05) is 27.8 Å². The van der Waals surface area contributed by atoms with Crippen molar-refractivity contribution in [2.75, 3.05) is 5.32 Å². The van der Waals surface area contributed by atoms with Crippen LogP contribution in [0.5, 0.6) is 0 Å². The second-order valence-corrected chi connectivity index (χ2v) is 3.95. The molecule has 0 amide bonds. The third-order valence-electron chi connectivity index (χ3n) is 2.97. The second-order valence-electron chi connectivity index (χ2n) is 3.95. The predicted octanol–water partition coefficient (Wildman–Crippen LogP) is 2.46. The van der Waals surface area contributed by atoms with Gasteiger partial charge < -0.3 is 5.32 Å². The van der Waals surface area contributed by atoms with Gasteiger partial charge in [-0.2, -0.15) is 10.2 Å². The van der Waals surface area contributed by atoms with E-state index in [4.69, 9.17) is 0 Å². The molecular formula is C12H20ClN5. The summed E-state index contributed by atoms with van der Waals surface area (Å²) >= 11 is 0. The quantitative estimate of drug-likeness (QED) is 0.907. The monoisotopic (exact) mass is 269 g/mol. The van der Waals surface area contributed by atoms with Gasteiger partial charge in [-0.05, 0) is 26.8 Å². The number of nitrogens with one attached hydrogen (secondary N) is 1. The van der Waals surface area contributed by atoms with Gasteiger partial charge in [0.2, 0.25) is 0 Å². The molecule has 0 fully saturated rings. The number of nitrogens with zero attached hydrogens (tertiary/aromatic N) is 4. The van der Waals surface area contributed by atoms with E-state index < -0.39 is 0 Å². The van der Waals surface area contributed by atoms with Crippen LogP contribution in [0.2, 0.25) is 0 Å². The zero-order valence-corrected chi connectivity index (χ0v) is 11.9. The Bertz CT molecular complexity index is 488. The Kier molecular flexibility index (Phi) is 5.22. The van der Waals surface area contributed by atoms with Gasteiger partial charge in [0.1, 0.15) is 0 Å². The van der Waals surface area contributed by atoms with Crippen LogP contribution in [-0.4, -0.2) is 19.6 Å². The lowest BCUT2D eigenvalue weighted by atomic mass is 10.3. The molecule has 6 heteroatoms. The van der Waals surface area contributed by atoms with Crippen LogP contribution in [0.1, 0.15) is 25.2 Å². The Balaban J connectivity index is 0.00000162. The summed E-state index contributed by atoms with van der Waals surface area (Å²) in [5.74, 6) is 0. The molecule has 0 unspecified atom stereocenters. The van der Waals surface area contributed by atoms with Crippen LogP contribution >= 0.6 is 12.4 Å². The van der Waals surface area contributed by atoms with Gasteiger partial charge in [0.05, 0.1) is 29.8 Å². The number of aromatic nitrogens is 4. The normalized spacial score (nSPS) is 10.2. The SMILES string of the molecule is CCn1nccc1CNc1cnn(CC)c1C.Cl. The summed E-state index contributed by atoms with van der Waals surface area (Å²) in [5.41, 5.74) is 3.46. The summed E-state index contributed by atoms with van der Waals surface area (Å²) in [7, 11) is 0. The van der Waals surface area contributed by atoms with Gasteiger partial charge in [-0.3, -0.25) is 9.36 Å². The van der Waals surface area contributed by atoms with Gasteiger partial charge in [0.15, 0.2) is 0 Å². The molecule has 0 bridgehead atoms. The maximum atomic E-state index is 4.31. The molecule has 0 saturated heterocycles. The molecule has 0 aliphatic rings. The van der Waals surface area contributed by atoms with Gasteiger partial charge in [0, 0.05) is 19.3 Å². The molecule has 2 aromatic rings. The molecule has 100 valence electrons. The smallest absolute Gasteiger partial charge is 0.0759 e. The summed E-state index contributed by atoms with van der Waals surface area (Å²) in [5, 5.41) is 12.0. The number of hydrogen-bond donors (Lipinski definition) is 1. The third kappa shape index (κ3) is 2.85. The first-order chi connectivity index (χ1) is 8.26. The molecule has 0 radical (unpaired) electrons. The molecule has 0 spiro atoms. The zero-order chi connectivity index (χ0) is 12.3. The maximum Gasteiger partial charge on any atom is 0.0759 e. The number of hydrogen-bond acceptors (Lipinski definition) is 3. The second kappa shape index (κ2) is 6.44. The minimum atomic E-state index is 0. The van der Waals surface area contributed by atoms with Crippen LogP contribution in [0.4, 0.5) is 5.69 Å². The molecule has 1 N–H and O–H groups in total. The van der Waals surface area contributed by atoms with E-state index in [1.54, 1.807) is 0 Å². The average molecular weight is 270 g/mol. The van der Waals surface area contributed by atoms with Crippen molar-refractivity contribution in [3.05, 3.63) is 29.8 Å². The third-order valence-corrected chi connectivity index (χ3v) is 2.97. The summed E-state index contributed by atoms with van der Waals surface area (Å²) in [6, 6.07) is 2.04. The van der Waals surface area contributed by atoms with Crippen molar-refractivity contribution in [1.29, 1.82) is 0 Å². The van der Waals surface area contributed by atoms with E-state index in [-0.39, 0.29) is 12.4 Å². The fraction of sp³-hybridized carbons (Fsp3) is 0.500. The van der Waals surface area contributed by atoms with E-state index >= 15 is 0 Å². The standard InChI is InChI=1S/C12H19N5.ClH/c1-4-16-10(3)12(9-15-16)13-8-11-6-7-14-17(11)5-2;/h6-7,9,13H,4-5,8H2,1-3H3;1H. The Hall–Kier alpha value is -1.49. The van der Waals surface area contributed by atoms with E-state index in [9.17, 15) is 0 Å². The van der Waals surface area contributed by atoms with Gasteiger partial charge in [-0.15, -0.1) is 12.4 Å². The first kappa shape index (κ1) is 14.6. The molecule has 0 aliphatic heterocycles. The first-order valence-electron chi connectivity index (χ1n) is 6.03. The highest BCUT2D eigenvalue weighted by Crippen LogP contribution is 2.14. The van der Waals surface area contributed by atoms with Crippen LogP contribution in [0.3, 0.4) is 0 Å². The summed E-state index contributed by atoms with van der Waals surface area (Å²) in [4.78, 5) is 0. The highest BCUT2D eigenvalue weighted by molar-refractivity contribution is 5.85. The van der Waals surface area contributed by atoms with Crippen molar-refractivity contribution in [1.82, 2.24) is 19.6 Å². The van der Waals surface area contributed by atoms with Crippen molar-refractivity contribution in [3.8, 4) is 0 Å². The van der Waals surface area contributed by atoms with E-state index in [0.29, 0.717) is 0 Å². The van der Waals surface area contributed by atoms with Gasteiger partial charge >= 0.3 is 0 Å². The lowest BCUT2D eigenvalue weighted by molar-refractivity contribution is 0.627. The topological polar surface area (TPSA) is 47.7 Å². The number of rotatable bonds is 5. The van der Waals surface area contributed by atoms with E-state index in [0.717, 1.165) is 25.3 Å². The van der Waals surface area contributed by atoms with Crippen LogP contribution in [-0.2, 0) is 19.6 Å². The molecular weight excluding hydrogens is 250 g/mol. The zero-order valence-electron chi connectivity index (χ0n) is 11.1. The van der Waals surface area contributed by atoms with E-state index in [1.165, 1.54) is 11.4 Å². The van der Waals surface area contributed by atoms with Crippen molar-refractivity contribution in [2.45, 2.75) is 40.4 Å². The van der Waals surface area contributed by atoms with Crippen LogP contribution in [0.15, 0.2) is 18.5 Å². The van der Waals surface area contributed by atoms with Crippen LogP contribution in [0, 0.1) is 6.92 Å².